The average Bonchev–Trinajstić information content (AvgIpc) is 3.12. The fourth-order valence-corrected chi connectivity index (χ4v) is 3.59. The highest BCUT2D eigenvalue weighted by Crippen LogP contribution is 2.32. The lowest BCUT2D eigenvalue weighted by molar-refractivity contribution is 0.0993. The van der Waals surface area contributed by atoms with Crippen molar-refractivity contribution in [2.45, 2.75) is 38.2 Å². The lowest BCUT2D eigenvalue weighted by atomic mass is 9.97. The molecule has 0 radical (unpaired) electrons. The summed E-state index contributed by atoms with van der Waals surface area (Å²) in [7, 11) is 1.59. The second kappa shape index (κ2) is 7.96. The molecule has 0 saturated heterocycles. The lowest BCUT2D eigenvalue weighted by Crippen LogP contribution is -2.15. The van der Waals surface area contributed by atoms with Crippen molar-refractivity contribution in [3.63, 3.8) is 0 Å². The fourth-order valence-electron chi connectivity index (χ4n) is 2.84. The average molecular weight is 382 g/mol. The van der Waals surface area contributed by atoms with Crippen LogP contribution in [0.2, 0.25) is 0 Å². The van der Waals surface area contributed by atoms with Gasteiger partial charge in [0, 0.05) is 5.56 Å². The molecule has 0 aliphatic rings. The number of Topliss-reactive ketones (excluding diaryl/α,β-unsaturated/α-hetero) is 1. The van der Waals surface area contributed by atoms with E-state index in [2.05, 4.69) is 10.2 Å². The Morgan fingerprint density at radius 1 is 1.07 bits per heavy atom. The van der Waals surface area contributed by atoms with E-state index in [4.69, 9.17) is 9.15 Å². The smallest absolute Gasteiger partial charge is 0.277 e. The Hall–Kier alpha value is -2.60. The molecule has 0 spiro atoms. The molecular formula is C21H22N2O3S. The van der Waals surface area contributed by atoms with Gasteiger partial charge in [0.15, 0.2) is 5.78 Å². The van der Waals surface area contributed by atoms with Crippen LogP contribution in [0.3, 0.4) is 0 Å². The maximum Gasteiger partial charge on any atom is 0.277 e. The molecule has 0 bridgehead atoms. The summed E-state index contributed by atoms with van der Waals surface area (Å²) in [4.78, 5) is 12.9. The standard InChI is InChI=1S/C21H22N2O3S/c1-12-10-14(3)17(11-13(12)2)19(24)15(4)27-21-23-22-20(26-21)16-8-6-7-9-18(16)25-5/h6-11,15H,1-5H3. The van der Waals surface area contributed by atoms with E-state index >= 15 is 0 Å². The second-order valence-corrected chi connectivity index (χ2v) is 7.74. The van der Waals surface area contributed by atoms with Gasteiger partial charge in [-0.25, -0.2) is 0 Å². The summed E-state index contributed by atoms with van der Waals surface area (Å²) in [6, 6.07) is 11.4. The summed E-state index contributed by atoms with van der Waals surface area (Å²) in [5.74, 6) is 1.09. The van der Waals surface area contributed by atoms with Crippen LogP contribution in [0.4, 0.5) is 0 Å². The molecule has 5 nitrogen and oxygen atoms in total. The predicted octanol–water partition coefficient (Wildman–Crippen LogP) is 5.03. The van der Waals surface area contributed by atoms with Gasteiger partial charge >= 0.3 is 0 Å². The zero-order valence-corrected chi connectivity index (χ0v) is 16.9. The molecule has 27 heavy (non-hydrogen) atoms. The highest BCUT2D eigenvalue weighted by Gasteiger charge is 2.22. The van der Waals surface area contributed by atoms with Gasteiger partial charge in [-0.3, -0.25) is 4.79 Å². The predicted molar refractivity (Wildman–Crippen MR) is 107 cm³/mol. The van der Waals surface area contributed by atoms with Crippen molar-refractivity contribution in [3.05, 3.63) is 58.7 Å². The quantitative estimate of drug-likeness (QED) is 0.440. The third kappa shape index (κ3) is 4.06. The first-order chi connectivity index (χ1) is 12.9. The number of hydrogen-bond donors (Lipinski definition) is 0. The number of ketones is 1. The molecule has 0 fully saturated rings. The van der Waals surface area contributed by atoms with E-state index < -0.39 is 0 Å². The zero-order chi connectivity index (χ0) is 19.6. The molecule has 0 saturated carbocycles. The monoisotopic (exact) mass is 382 g/mol. The molecule has 1 unspecified atom stereocenters. The van der Waals surface area contributed by atoms with Crippen LogP contribution in [-0.2, 0) is 0 Å². The number of methoxy groups -OCH3 is 1. The van der Waals surface area contributed by atoms with Crippen LogP contribution < -0.4 is 4.74 Å². The van der Waals surface area contributed by atoms with Gasteiger partial charge in [0.25, 0.3) is 11.1 Å². The number of benzene rings is 2. The Morgan fingerprint density at radius 3 is 2.52 bits per heavy atom. The Labute approximate surface area is 163 Å². The molecule has 0 N–H and O–H groups in total. The molecule has 0 amide bonds. The summed E-state index contributed by atoms with van der Waals surface area (Å²) in [6.45, 7) is 7.88. The van der Waals surface area contributed by atoms with Gasteiger partial charge < -0.3 is 9.15 Å². The number of nitrogens with zero attached hydrogens (tertiary/aromatic N) is 2. The molecular weight excluding hydrogens is 360 g/mol. The number of aromatic nitrogens is 2. The molecule has 1 heterocycles. The number of rotatable bonds is 6. The van der Waals surface area contributed by atoms with Crippen LogP contribution in [0.5, 0.6) is 5.75 Å². The highest BCUT2D eigenvalue weighted by molar-refractivity contribution is 8.00. The number of para-hydroxylation sites is 1. The summed E-state index contributed by atoms with van der Waals surface area (Å²) in [5, 5.41) is 8.19. The van der Waals surface area contributed by atoms with Crippen LogP contribution >= 0.6 is 11.8 Å². The Kier molecular flexibility index (Phi) is 5.65. The van der Waals surface area contributed by atoms with E-state index in [1.165, 1.54) is 17.3 Å². The van der Waals surface area contributed by atoms with Crippen molar-refractivity contribution in [2.24, 2.45) is 0 Å². The van der Waals surface area contributed by atoms with Crippen molar-refractivity contribution in [1.82, 2.24) is 10.2 Å². The van der Waals surface area contributed by atoms with E-state index in [0.29, 0.717) is 16.9 Å². The van der Waals surface area contributed by atoms with Gasteiger partial charge in [-0.2, -0.15) is 0 Å². The van der Waals surface area contributed by atoms with Gasteiger partial charge in [-0.1, -0.05) is 30.0 Å². The Bertz CT molecular complexity index is 981. The number of aryl methyl sites for hydroxylation is 3. The van der Waals surface area contributed by atoms with E-state index in [1.54, 1.807) is 7.11 Å². The summed E-state index contributed by atoms with van der Waals surface area (Å²) >= 11 is 1.26. The Balaban J connectivity index is 1.79. The van der Waals surface area contributed by atoms with E-state index in [-0.39, 0.29) is 11.0 Å². The van der Waals surface area contributed by atoms with Crippen molar-refractivity contribution in [2.75, 3.05) is 7.11 Å². The summed E-state index contributed by atoms with van der Waals surface area (Å²) < 4.78 is 11.1. The van der Waals surface area contributed by atoms with Crippen LogP contribution in [0.1, 0.15) is 34.0 Å². The number of ether oxygens (including phenoxy) is 1. The molecule has 3 rings (SSSR count). The summed E-state index contributed by atoms with van der Waals surface area (Å²) in [5.41, 5.74) is 4.74. The number of thioether (sulfide) groups is 1. The van der Waals surface area contributed by atoms with Crippen molar-refractivity contribution < 1.29 is 13.9 Å². The molecule has 1 atom stereocenters. The molecule has 1 aromatic heterocycles. The Morgan fingerprint density at radius 2 is 1.78 bits per heavy atom. The number of hydrogen-bond acceptors (Lipinski definition) is 6. The van der Waals surface area contributed by atoms with Gasteiger partial charge in [0.1, 0.15) is 5.75 Å². The van der Waals surface area contributed by atoms with E-state index in [9.17, 15) is 4.79 Å². The maximum absolute atomic E-state index is 12.9. The molecule has 3 aromatic rings. The van der Waals surface area contributed by atoms with Crippen LogP contribution in [-0.4, -0.2) is 28.3 Å². The SMILES string of the molecule is COc1ccccc1-c1nnc(SC(C)C(=O)c2cc(C)c(C)cc2C)o1. The van der Waals surface area contributed by atoms with E-state index in [0.717, 1.165) is 22.3 Å². The largest absolute Gasteiger partial charge is 0.496 e. The molecule has 0 aliphatic heterocycles. The first kappa shape index (κ1) is 19.2. The topological polar surface area (TPSA) is 65.2 Å². The third-order valence-corrected chi connectivity index (χ3v) is 5.43. The van der Waals surface area contributed by atoms with E-state index in [1.807, 2.05) is 64.1 Å². The first-order valence-electron chi connectivity index (χ1n) is 8.66. The minimum Gasteiger partial charge on any atom is -0.496 e. The zero-order valence-electron chi connectivity index (χ0n) is 16.1. The number of carbonyl (C=O) groups is 1. The third-order valence-electron chi connectivity index (χ3n) is 4.50. The first-order valence-corrected chi connectivity index (χ1v) is 9.54. The normalized spacial score (nSPS) is 12.0. The fraction of sp³-hybridized carbons (Fsp3) is 0.286. The van der Waals surface area contributed by atoms with Crippen molar-refractivity contribution in [1.29, 1.82) is 0 Å². The highest BCUT2D eigenvalue weighted by atomic mass is 32.2. The lowest BCUT2D eigenvalue weighted by Gasteiger charge is -2.12. The number of carbonyl (C=O) groups excluding carboxylic acids is 1. The van der Waals surface area contributed by atoms with Crippen LogP contribution in [0, 0.1) is 20.8 Å². The minimum absolute atomic E-state index is 0.0534. The van der Waals surface area contributed by atoms with Gasteiger partial charge in [0.05, 0.1) is 17.9 Å². The van der Waals surface area contributed by atoms with Gasteiger partial charge in [-0.15, -0.1) is 10.2 Å². The molecule has 6 heteroatoms. The second-order valence-electron chi connectivity index (χ2n) is 6.45. The molecule has 2 aromatic carbocycles. The van der Waals surface area contributed by atoms with Gasteiger partial charge in [-0.05, 0) is 62.6 Å². The maximum atomic E-state index is 12.9. The van der Waals surface area contributed by atoms with Crippen molar-refractivity contribution >= 4 is 17.5 Å². The minimum atomic E-state index is -0.336. The van der Waals surface area contributed by atoms with Crippen molar-refractivity contribution in [3.8, 4) is 17.2 Å². The summed E-state index contributed by atoms with van der Waals surface area (Å²) in [6.07, 6.45) is 0. The van der Waals surface area contributed by atoms with Gasteiger partial charge in [0.2, 0.25) is 0 Å². The van der Waals surface area contributed by atoms with Crippen LogP contribution in [0.15, 0.2) is 46.0 Å². The van der Waals surface area contributed by atoms with Crippen LogP contribution in [0.25, 0.3) is 11.5 Å². The molecule has 0 aliphatic carbocycles. The molecule has 140 valence electrons.